The Bertz CT molecular complexity index is 959. The molecule has 1 aliphatic rings. The van der Waals surface area contributed by atoms with Crippen LogP contribution in [-0.4, -0.2) is 53.2 Å². The summed E-state index contributed by atoms with van der Waals surface area (Å²) in [5, 5.41) is 0.647. The number of hydrogen-bond donors (Lipinski definition) is 2. The fraction of sp³-hybridized carbons (Fsp3) is 0.286. The molecule has 2 N–H and O–H groups in total. The number of nitrogens with zero attached hydrogens (tertiary/aromatic N) is 4. The van der Waals surface area contributed by atoms with Gasteiger partial charge in [-0.05, 0) is 24.0 Å². The fourth-order valence-electron chi connectivity index (χ4n) is 3.30. The van der Waals surface area contributed by atoms with Crippen molar-refractivity contribution in [2.45, 2.75) is 11.7 Å². The van der Waals surface area contributed by atoms with Crippen molar-refractivity contribution >= 4 is 29.3 Å². The van der Waals surface area contributed by atoms with E-state index < -0.39 is 0 Å². The van der Waals surface area contributed by atoms with E-state index in [0.717, 1.165) is 38.5 Å². The molecule has 1 saturated heterocycles. The lowest BCUT2D eigenvalue weighted by molar-refractivity contribution is 0.0935. The summed E-state index contributed by atoms with van der Waals surface area (Å²) in [6.07, 6.45) is 3.39. The van der Waals surface area contributed by atoms with Gasteiger partial charge in [-0.3, -0.25) is 20.5 Å². The van der Waals surface area contributed by atoms with E-state index in [9.17, 15) is 4.79 Å². The molecule has 0 atom stereocenters. The van der Waals surface area contributed by atoms with Crippen LogP contribution in [0.4, 0.5) is 11.6 Å². The number of rotatable bonds is 7. The van der Waals surface area contributed by atoms with Crippen molar-refractivity contribution in [1.29, 1.82) is 0 Å². The Hall–Kier alpha value is -3.04. The minimum Gasteiger partial charge on any atom is -0.459 e. The number of amides is 1. The molecule has 1 aliphatic heterocycles. The van der Waals surface area contributed by atoms with Crippen LogP contribution >= 0.6 is 11.8 Å². The Kier molecular flexibility index (Phi) is 6.50. The molecule has 3 aromatic rings. The molecule has 8 nitrogen and oxygen atoms in total. The SMILES string of the molecule is CSc1nc(NNC(=O)c2ccco2)cc(N2CCN(Cc3ccccc3)CC2)n1. The Morgan fingerprint density at radius 1 is 1.10 bits per heavy atom. The summed E-state index contributed by atoms with van der Waals surface area (Å²) < 4.78 is 5.10. The van der Waals surface area contributed by atoms with Crippen LogP contribution in [0.25, 0.3) is 0 Å². The van der Waals surface area contributed by atoms with Gasteiger partial charge in [-0.2, -0.15) is 0 Å². The number of carbonyl (C=O) groups is 1. The standard InChI is InChI=1S/C21H24N6O2S/c1-30-21-22-18(24-25-20(28)17-8-5-13-29-17)14-19(23-21)27-11-9-26(10-12-27)15-16-6-3-2-4-7-16/h2-8,13-14H,9-12,15H2,1H3,(H,25,28)(H,22,23,24). The zero-order chi connectivity index (χ0) is 20.8. The quantitative estimate of drug-likeness (QED) is 0.340. The van der Waals surface area contributed by atoms with Crippen molar-refractivity contribution in [3.8, 4) is 0 Å². The van der Waals surface area contributed by atoms with E-state index >= 15 is 0 Å². The molecule has 0 spiro atoms. The third kappa shape index (κ3) is 5.11. The number of hydrogen-bond acceptors (Lipinski definition) is 8. The van der Waals surface area contributed by atoms with Crippen molar-refractivity contribution in [1.82, 2.24) is 20.3 Å². The van der Waals surface area contributed by atoms with Gasteiger partial charge in [0, 0.05) is 38.8 Å². The summed E-state index contributed by atoms with van der Waals surface area (Å²) in [6.45, 7) is 4.66. The van der Waals surface area contributed by atoms with Crippen LogP contribution in [0.5, 0.6) is 0 Å². The summed E-state index contributed by atoms with van der Waals surface area (Å²) in [7, 11) is 0. The number of hydrazine groups is 1. The van der Waals surface area contributed by atoms with Crippen LogP contribution in [-0.2, 0) is 6.54 Å². The highest BCUT2D eigenvalue weighted by atomic mass is 32.2. The Morgan fingerprint density at radius 3 is 2.60 bits per heavy atom. The minimum absolute atomic E-state index is 0.233. The monoisotopic (exact) mass is 424 g/mol. The summed E-state index contributed by atoms with van der Waals surface area (Å²) >= 11 is 1.46. The van der Waals surface area contributed by atoms with Crippen LogP contribution in [0.3, 0.4) is 0 Å². The largest absolute Gasteiger partial charge is 0.459 e. The zero-order valence-corrected chi connectivity index (χ0v) is 17.6. The van der Waals surface area contributed by atoms with Crippen molar-refractivity contribution in [2.75, 3.05) is 42.8 Å². The molecule has 0 unspecified atom stereocenters. The summed E-state index contributed by atoms with van der Waals surface area (Å²) in [5.74, 6) is 1.26. The Balaban J connectivity index is 1.38. The van der Waals surface area contributed by atoms with Crippen LogP contribution in [0.1, 0.15) is 16.1 Å². The number of thioether (sulfide) groups is 1. The maximum Gasteiger partial charge on any atom is 0.305 e. The first-order valence-electron chi connectivity index (χ1n) is 9.75. The van der Waals surface area contributed by atoms with E-state index in [-0.39, 0.29) is 11.7 Å². The number of aromatic nitrogens is 2. The van der Waals surface area contributed by atoms with Gasteiger partial charge in [0.25, 0.3) is 0 Å². The molecule has 30 heavy (non-hydrogen) atoms. The second kappa shape index (κ2) is 9.64. The molecule has 1 fully saturated rings. The van der Waals surface area contributed by atoms with E-state index in [1.807, 2.05) is 18.4 Å². The van der Waals surface area contributed by atoms with Gasteiger partial charge in [0.15, 0.2) is 16.7 Å². The highest BCUT2D eigenvalue weighted by Crippen LogP contribution is 2.22. The van der Waals surface area contributed by atoms with Gasteiger partial charge in [0.05, 0.1) is 6.26 Å². The number of anilines is 2. The van der Waals surface area contributed by atoms with Crippen molar-refractivity contribution < 1.29 is 9.21 Å². The molecule has 0 bridgehead atoms. The van der Waals surface area contributed by atoms with E-state index in [0.29, 0.717) is 11.0 Å². The van der Waals surface area contributed by atoms with Crippen LogP contribution in [0, 0.1) is 0 Å². The van der Waals surface area contributed by atoms with Gasteiger partial charge in [0.2, 0.25) is 0 Å². The molecule has 0 aliphatic carbocycles. The van der Waals surface area contributed by atoms with E-state index in [2.05, 4.69) is 54.9 Å². The van der Waals surface area contributed by atoms with Crippen molar-refractivity contribution in [2.24, 2.45) is 0 Å². The molecule has 3 heterocycles. The van der Waals surface area contributed by atoms with Crippen LogP contribution in [0.2, 0.25) is 0 Å². The van der Waals surface area contributed by atoms with Gasteiger partial charge in [-0.1, -0.05) is 42.1 Å². The lowest BCUT2D eigenvalue weighted by atomic mass is 10.2. The van der Waals surface area contributed by atoms with Crippen LogP contribution in [0.15, 0.2) is 64.4 Å². The third-order valence-electron chi connectivity index (χ3n) is 4.87. The average molecular weight is 425 g/mol. The minimum atomic E-state index is -0.361. The van der Waals surface area contributed by atoms with E-state index in [1.54, 1.807) is 12.1 Å². The first kappa shape index (κ1) is 20.2. The first-order chi connectivity index (χ1) is 14.7. The lowest BCUT2D eigenvalue weighted by Crippen LogP contribution is -2.46. The van der Waals surface area contributed by atoms with E-state index in [1.165, 1.54) is 23.6 Å². The third-order valence-corrected chi connectivity index (χ3v) is 5.42. The maximum absolute atomic E-state index is 12.1. The van der Waals surface area contributed by atoms with Gasteiger partial charge < -0.3 is 9.32 Å². The number of nitrogens with one attached hydrogen (secondary N) is 2. The number of benzene rings is 1. The number of furan rings is 1. The van der Waals surface area contributed by atoms with E-state index in [4.69, 9.17) is 4.42 Å². The molecule has 1 amide bonds. The highest BCUT2D eigenvalue weighted by Gasteiger charge is 2.20. The molecular weight excluding hydrogens is 400 g/mol. The second-order valence-corrected chi connectivity index (χ2v) is 7.68. The summed E-state index contributed by atoms with van der Waals surface area (Å²) in [5.41, 5.74) is 6.81. The topological polar surface area (TPSA) is 86.5 Å². The second-order valence-electron chi connectivity index (χ2n) is 6.90. The van der Waals surface area contributed by atoms with Gasteiger partial charge >= 0.3 is 5.91 Å². The maximum atomic E-state index is 12.1. The molecule has 0 saturated carbocycles. The predicted octanol–water partition coefficient (Wildman–Crippen LogP) is 2.87. The Morgan fingerprint density at radius 2 is 1.90 bits per heavy atom. The molecule has 156 valence electrons. The average Bonchev–Trinajstić information content (AvgIpc) is 3.33. The number of piperazine rings is 1. The molecule has 9 heteroatoms. The smallest absolute Gasteiger partial charge is 0.305 e. The zero-order valence-electron chi connectivity index (χ0n) is 16.7. The summed E-state index contributed by atoms with van der Waals surface area (Å²) in [4.78, 5) is 25.9. The lowest BCUT2D eigenvalue weighted by Gasteiger charge is -2.35. The van der Waals surface area contributed by atoms with Crippen LogP contribution < -0.4 is 15.8 Å². The molecular formula is C21H24N6O2S. The van der Waals surface area contributed by atoms with Gasteiger partial charge in [-0.15, -0.1) is 0 Å². The van der Waals surface area contributed by atoms with Gasteiger partial charge in [-0.25, -0.2) is 9.97 Å². The fourth-order valence-corrected chi connectivity index (χ4v) is 3.67. The highest BCUT2D eigenvalue weighted by molar-refractivity contribution is 7.98. The Labute approximate surface area is 179 Å². The molecule has 2 aromatic heterocycles. The number of carbonyl (C=O) groups excluding carboxylic acids is 1. The molecule has 1 aromatic carbocycles. The summed E-state index contributed by atoms with van der Waals surface area (Å²) in [6, 6.07) is 15.7. The van der Waals surface area contributed by atoms with Crippen molar-refractivity contribution in [3.63, 3.8) is 0 Å². The predicted molar refractivity (Wildman–Crippen MR) is 118 cm³/mol. The normalized spacial score (nSPS) is 14.5. The van der Waals surface area contributed by atoms with Crippen molar-refractivity contribution in [3.05, 3.63) is 66.1 Å². The first-order valence-corrected chi connectivity index (χ1v) is 11.0. The van der Waals surface area contributed by atoms with Gasteiger partial charge in [0.1, 0.15) is 5.82 Å². The molecule has 4 rings (SSSR count). The molecule has 0 radical (unpaired) electrons.